The molecule has 2 N–H and O–H groups in total. The second kappa shape index (κ2) is 5.49. The summed E-state index contributed by atoms with van der Waals surface area (Å²) in [6.07, 6.45) is 1.66. The second-order valence-electron chi connectivity index (χ2n) is 5.34. The largest absolute Gasteiger partial charge is 0.384 e. The lowest BCUT2D eigenvalue weighted by atomic mass is 10.0. The molecule has 0 bridgehead atoms. The lowest BCUT2D eigenvalue weighted by molar-refractivity contribution is -0.123. The summed E-state index contributed by atoms with van der Waals surface area (Å²) in [5, 5.41) is 11.7. The number of nitrogens with zero attached hydrogens (tertiary/aromatic N) is 2. The van der Waals surface area contributed by atoms with Crippen LogP contribution in [0.4, 0.5) is 14.6 Å². The number of nitrogens with one attached hydrogen (secondary N) is 1. The van der Waals surface area contributed by atoms with Crippen molar-refractivity contribution in [2.24, 2.45) is 0 Å². The molecule has 0 saturated carbocycles. The summed E-state index contributed by atoms with van der Waals surface area (Å²) in [6.45, 7) is 1.35. The predicted molar refractivity (Wildman–Crippen MR) is 75.4 cm³/mol. The Morgan fingerprint density at radius 1 is 1.50 bits per heavy atom. The molecule has 1 aromatic heterocycles. The van der Waals surface area contributed by atoms with E-state index in [0.717, 1.165) is 12.1 Å². The fourth-order valence-corrected chi connectivity index (χ4v) is 2.66. The highest BCUT2D eigenvalue weighted by Crippen LogP contribution is 2.34. The Morgan fingerprint density at radius 2 is 2.27 bits per heavy atom. The Balaban J connectivity index is 1.90. The van der Waals surface area contributed by atoms with E-state index in [9.17, 15) is 18.7 Å². The molecule has 2 atom stereocenters. The van der Waals surface area contributed by atoms with Crippen molar-refractivity contribution in [3.63, 3.8) is 0 Å². The highest BCUT2D eigenvalue weighted by atomic mass is 19.1. The molecule has 1 unspecified atom stereocenters. The molecule has 0 spiro atoms. The van der Waals surface area contributed by atoms with E-state index in [1.165, 1.54) is 13.0 Å². The number of rotatable bonds is 3. The Kier molecular flexibility index (Phi) is 3.66. The van der Waals surface area contributed by atoms with Crippen molar-refractivity contribution in [3.8, 4) is 0 Å². The van der Waals surface area contributed by atoms with Gasteiger partial charge < -0.3 is 15.0 Å². The van der Waals surface area contributed by atoms with Gasteiger partial charge in [0, 0.05) is 18.2 Å². The number of hydrogen-bond donors (Lipinski definition) is 2. The van der Waals surface area contributed by atoms with Crippen molar-refractivity contribution in [1.29, 1.82) is 0 Å². The Labute approximate surface area is 125 Å². The smallest absolute Gasteiger partial charge is 0.254 e. The minimum absolute atomic E-state index is 0.268. The lowest BCUT2D eigenvalue weighted by Crippen LogP contribution is -2.24. The third kappa shape index (κ3) is 2.59. The molecule has 0 saturated heterocycles. The molecular weight excluding hydrogens is 292 g/mol. The number of carbonyl (C=O) groups is 1. The molecular formula is C15H15F2N3O2. The van der Waals surface area contributed by atoms with Gasteiger partial charge in [-0.15, -0.1) is 0 Å². The van der Waals surface area contributed by atoms with Crippen LogP contribution in [0.1, 0.15) is 30.8 Å². The Bertz CT molecular complexity index is 728. The molecule has 1 aliphatic heterocycles. The van der Waals surface area contributed by atoms with Crippen molar-refractivity contribution < 1.29 is 18.7 Å². The summed E-state index contributed by atoms with van der Waals surface area (Å²) in [5.74, 6) is -0.544. The van der Waals surface area contributed by atoms with Crippen LogP contribution in [0, 0.1) is 11.6 Å². The summed E-state index contributed by atoms with van der Waals surface area (Å²) in [6, 6.07) is 3.02. The summed E-state index contributed by atoms with van der Waals surface area (Å²) in [4.78, 5) is 15.7. The standard InChI is InChI=1S/C15H15F2N3O2/c1-8(21)15(22)19-13-7-20-12(4-5-14(20)18-13)10-6-9(16)2-3-11(10)17/h2-3,6-8,12,21H,4-5H2,1H3,(H,19,22)/t8-,12?/m1/s1. The van der Waals surface area contributed by atoms with Gasteiger partial charge in [-0.05, 0) is 31.5 Å². The van der Waals surface area contributed by atoms with Gasteiger partial charge in [0.15, 0.2) is 5.82 Å². The molecule has 0 aliphatic carbocycles. The van der Waals surface area contributed by atoms with Gasteiger partial charge in [-0.3, -0.25) is 4.79 Å². The SMILES string of the molecule is C[C@@H](O)C(=O)Nc1cn2c(n1)CCC2c1cc(F)ccc1F. The van der Waals surface area contributed by atoms with E-state index in [-0.39, 0.29) is 11.6 Å². The van der Waals surface area contributed by atoms with E-state index in [1.807, 2.05) is 0 Å². The first kappa shape index (κ1) is 14.6. The number of imidazole rings is 1. The van der Waals surface area contributed by atoms with Gasteiger partial charge in [0.2, 0.25) is 0 Å². The molecule has 2 aromatic rings. The van der Waals surface area contributed by atoms with Gasteiger partial charge in [-0.2, -0.15) is 0 Å². The molecule has 2 heterocycles. The Morgan fingerprint density at radius 3 is 3.00 bits per heavy atom. The highest BCUT2D eigenvalue weighted by Gasteiger charge is 2.28. The monoisotopic (exact) mass is 307 g/mol. The number of carbonyl (C=O) groups excluding carboxylic acids is 1. The first-order valence-corrected chi connectivity index (χ1v) is 6.97. The molecule has 0 radical (unpaired) electrons. The molecule has 3 rings (SSSR count). The van der Waals surface area contributed by atoms with Gasteiger partial charge >= 0.3 is 0 Å². The molecule has 0 fully saturated rings. The van der Waals surface area contributed by atoms with E-state index in [1.54, 1.807) is 10.8 Å². The number of halogens is 2. The molecule has 1 aliphatic rings. The van der Waals surface area contributed by atoms with Gasteiger partial charge in [-0.25, -0.2) is 13.8 Å². The second-order valence-corrected chi connectivity index (χ2v) is 5.34. The van der Waals surface area contributed by atoms with Crippen LogP contribution < -0.4 is 5.32 Å². The van der Waals surface area contributed by atoms with Crippen LogP contribution in [-0.4, -0.2) is 26.7 Å². The minimum atomic E-state index is -1.15. The minimum Gasteiger partial charge on any atom is -0.384 e. The molecule has 1 amide bonds. The van der Waals surface area contributed by atoms with Crippen LogP contribution >= 0.6 is 0 Å². The molecule has 22 heavy (non-hydrogen) atoms. The van der Waals surface area contributed by atoms with E-state index in [4.69, 9.17) is 0 Å². The molecule has 7 heteroatoms. The van der Waals surface area contributed by atoms with Gasteiger partial charge in [-0.1, -0.05) is 0 Å². The zero-order valence-corrected chi connectivity index (χ0v) is 11.9. The third-order valence-electron chi connectivity index (χ3n) is 3.73. The number of aryl methyl sites for hydroxylation is 1. The van der Waals surface area contributed by atoms with Crippen LogP contribution in [0.5, 0.6) is 0 Å². The number of benzene rings is 1. The number of aliphatic hydroxyl groups excluding tert-OH is 1. The summed E-state index contributed by atoms with van der Waals surface area (Å²) in [7, 11) is 0. The lowest BCUT2D eigenvalue weighted by Gasteiger charge is -2.14. The van der Waals surface area contributed by atoms with E-state index < -0.39 is 23.6 Å². The molecule has 116 valence electrons. The highest BCUT2D eigenvalue weighted by molar-refractivity contribution is 5.92. The van der Waals surface area contributed by atoms with E-state index >= 15 is 0 Å². The average molecular weight is 307 g/mol. The quantitative estimate of drug-likeness (QED) is 0.911. The number of aliphatic hydroxyl groups is 1. The third-order valence-corrected chi connectivity index (χ3v) is 3.73. The normalized spacial score (nSPS) is 18.1. The summed E-state index contributed by atoms with van der Waals surface area (Å²) >= 11 is 0. The first-order valence-electron chi connectivity index (χ1n) is 6.97. The van der Waals surface area contributed by atoms with E-state index in [0.29, 0.717) is 24.5 Å². The number of amides is 1. The number of anilines is 1. The van der Waals surface area contributed by atoms with Crippen LogP contribution in [0.15, 0.2) is 24.4 Å². The zero-order valence-electron chi connectivity index (χ0n) is 11.9. The fraction of sp³-hybridized carbons (Fsp3) is 0.333. The average Bonchev–Trinajstić information content (AvgIpc) is 3.01. The first-order chi connectivity index (χ1) is 10.5. The maximum Gasteiger partial charge on any atom is 0.254 e. The number of aromatic nitrogens is 2. The molecule has 5 nitrogen and oxygen atoms in total. The number of fused-ring (bicyclic) bond motifs is 1. The Hall–Kier alpha value is -2.28. The maximum absolute atomic E-state index is 13.9. The van der Waals surface area contributed by atoms with Crippen molar-refractivity contribution >= 4 is 11.7 Å². The van der Waals surface area contributed by atoms with Crippen LogP contribution in [0.3, 0.4) is 0 Å². The van der Waals surface area contributed by atoms with Crippen molar-refractivity contribution in [2.75, 3.05) is 5.32 Å². The van der Waals surface area contributed by atoms with Gasteiger partial charge in [0.1, 0.15) is 23.6 Å². The van der Waals surface area contributed by atoms with Crippen LogP contribution in [0.2, 0.25) is 0 Å². The van der Waals surface area contributed by atoms with E-state index in [2.05, 4.69) is 10.3 Å². The number of hydrogen-bond acceptors (Lipinski definition) is 3. The van der Waals surface area contributed by atoms with Gasteiger partial charge in [0.25, 0.3) is 5.91 Å². The van der Waals surface area contributed by atoms with Crippen molar-refractivity contribution in [2.45, 2.75) is 31.9 Å². The van der Waals surface area contributed by atoms with Crippen molar-refractivity contribution in [1.82, 2.24) is 9.55 Å². The van der Waals surface area contributed by atoms with Crippen LogP contribution in [0.25, 0.3) is 0 Å². The predicted octanol–water partition coefficient (Wildman–Crippen LogP) is 2.02. The molecule has 1 aromatic carbocycles. The summed E-state index contributed by atoms with van der Waals surface area (Å²) in [5.41, 5.74) is 0.268. The fourth-order valence-electron chi connectivity index (χ4n) is 2.66. The summed E-state index contributed by atoms with van der Waals surface area (Å²) < 4.78 is 29.0. The maximum atomic E-state index is 13.9. The topological polar surface area (TPSA) is 67.2 Å². The van der Waals surface area contributed by atoms with Gasteiger partial charge in [0.05, 0.1) is 6.04 Å². The van der Waals surface area contributed by atoms with Crippen molar-refractivity contribution in [3.05, 3.63) is 47.4 Å². The van der Waals surface area contributed by atoms with Crippen LogP contribution in [-0.2, 0) is 11.2 Å². The zero-order chi connectivity index (χ0) is 15.9.